The van der Waals surface area contributed by atoms with Gasteiger partial charge in [0.15, 0.2) is 0 Å². The van der Waals surface area contributed by atoms with Crippen molar-refractivity contribution in [1.29, 1.82) is 0 Å². The Bertz CT molecular complexity index is 770. The van der Waals surface area contributed by atoms with Gasteiger partial charge < -0.3 is 19.9 Å². The lowest BCUT2D eigenvalue weighted by molar-refractivity contribution is 0.183. The second-order valence-corrected chi connectivity index (χ2v) is 8.09. The number of H-pyrrole nitrogens is 1. The molecular formula is C22H33N5O2. The van der Waals surface area contributed by atoms with Crippen LogP contribution >= 0.6 is 0 Å². The van der Waals surface area contributed by atoms with Crippen molar-refractivity contribution in [3.8, 4) is 16.9 Å². The molecule has 1 aliphatic rings. The summed E-state index contributed by atoms with van der Waals surface area (Å²) in [6, 6.07) is 5.72. The second-order valence-electron chi connectivity index (χ2n) is 8.09. The summed E-state index contributed by atoms with van der Waals surface area (Å²) in [5, 5.41) is 9.88. The van der Waals surface area contributed by atoms with E-state index in [0.29, 0.717) is 23.9 Å². The molecule has 1 aromatic heterocycles. The number of likely N-dealkylation sites (N-methyl/N-ethyl adjacent to an activating group) is 1. The summed E-state index contributed by atoms with van der Waals surface area (Å²) >= 11 is 0. The summed E-state index contributed by atoms with van der Waals surface area (Å²) in [6.07, 6.45) is 9.90. The van der Waals surface area contributed by atoms with Crippen molar-refractivity contribution in [2.24, 2.45) is 5.92 Å². The number of carbonyl (C=O) groups excluding carboxylic acids is 1. The number of ether oxygens (including phenoxy) is 1. The quantitative estimate of drug-likeness (QED) is 0.702. The largest absolute Gasteiger partial charge is 0.495 e. The molecule has 3 rings (SSSR count). The molecule has 1 fully saturated rings. The van der Waals surface area contributed by atoms with Crippen LogP contribution in [0.2, 0.25) is 0 Å². The Morgan fingerprint density at radius 3 is 2.66 bits per heavy atom. The molecule has 2 amide bonds. The van der Waals surface area contributed by atoms with Gasteiger partial charge >= 0.3 is 6.03 Å². The maximum Gasteiger partial charge on any atom is 0.322 e. The van der Waals surface area contributed by atoms with Gasteiger partial charge in [-0.3, -0.25) is 5.10 Å². The van der Waals surface area contributed by atoms with Crippen molar-refractivity contribution in [3.63, 3.8) is 0 Å². The number of methoxy groups -OCH3 is 1. The first-order valence-electron chi connectivity index (χ1n) is 10.4. The van der Waals surface area contributed by atoms with Crippen LogP contribution in [-0.2, 0) is 0 Å². The Labute approximate surface area is 173 Å². The number of carbonyl (C=O) groups is 1. The maximum absolute atomic E-state index is 13.1. The Balaban J connectivity index is 1.71. The highest BCUT2D eigenvalue weighted by atomic mass is 16.5. The summed E-state index contributed by atoms with van der Waals surface area (Å²) in [6.45, 7) is 2.37. The Morgan fingerprint density at radius 2 is 2.00 bits per heavy atom. The molecule has 7 heteroatoms. The monoisotopic (exact) mass is 399 g/mol. The van der Waals surface area contributed by atoms with E-state index in [-0.39, 0.29) is 6.03 Å². The molecule has 158 valence electrons. The Kier molecular flexibility index (Phi) is 7.52. The van der Waals surface area contributed by atoms with E-state index in [1.165, 1.54) is 32.1 Å². The molecule has 0 aliphatic heterocycles. The minimum atomic E-state index is -0.0632. The number of benzene rings is 1. The van der Waals surface area contributed by atoms with Gasteiger partial charge in [-0.05, 0) is 50.6 Å². The first kappa shape index (κ1) is 21.2. The number of aromatic amines is 1. The predicted octanol–water partition coefficient (Wildman–Crippen LogP) is 4.06. The van der Waals surface area contributed by atoms with E-state index in [4.69, 9.17) is 4.74 Å². The first-order valence-corrected chi connectivity index (χ1v) is 10.4. The summed E-state index contributed by atoms with van der Waals surface area (Å²) in [7, 11) is 5.69. The van der Waals surface area contributed by atoms with Crippen molar-refractivity contribution in [2.45, 2.75) is 32.1 Å². The number of hydrogen-bond acceptors (Lipinski definition) is 4. The molecule has 0 atom stereocenters. The van der Waals surface area contributed by atoms with Gasteiger partial charge in [-0.1, -0.05) is 25.3 Å². The Hall–Kier alpha value is -2.54. The molecule has 1 aliphatic carbocycles. The van der Waals surface area contributed by atoms with Gasteiger partial charge in [-0.2, -0.15) is 5.10 Å². The number of nitrogens with one attached hydrogen (secondary N) is 2. The van der Waals surface area contributed by atoms with Gasteiger partial charge in [-0.25, -0.2) is 4.79 Å². The average Bonchev–Trinajstić information content (AvgIpc) is 3.26. The number of anilines is 1. The highest BCUT2D eigenvalue weighted by Crippen LogP contribution is 2.31. The van der Waals surface area contributed by atoms with Crippen LogP contribution in [-0.4, -0.2) is 66.9 Å². The third-order valence-corrected chi connectivity index (χ3v) is 5.58. The molecule has 0 spiro atoms. The number of amides is 2. The number of aromatic nitrogens is 2. The van der Waals surface area contributed by atoms with Crippen LogP contribution in [0.1, 0.15) is 32.1 Å². The SMILES string of the molecule is COc1cc(-c2cn[nH]c2)ccc1NC(=O)N(CCN(C)C)CC1CCCCC1. The first-order chi connectivity index (χ1) is 14.1. The third kappa shape index (κ3) is 5.97. The predicted molar refractivity (Wildman–Crippen MR) is 116 cm³/mol. The number of nitrogens with zero attached hydrogens (tertiary/aromatic N) is 3. The lowest BCUT2D eigenvalue weighted by Crippen LogP contribution is -2.42. The number of urea groups is 1. The molecular weight excluding hydrogens is 366 g/mol. The zero-order chi connectivity index (χ0) is 20.6. The van der Waals surface area contributed by atoms with E-state index in [1.54, 1.807) is 13.3 Å². The number of hydrogen-bond donors (Lipinski definition) is 2. The molecule has 29 heavy (non-hydrogen) atoms. The smallest absolute Gasteiger partial charge is 0.322 e. The molecule has 0 saturated heterocycles. The standard InChI is InChI=1S/C22H33N5O2/c1-26(2)11-12-27(16-17-7-5-4-6-8-17)22(28)25-20-10-9-18(13-21(20)29-3)19-14-23-24-15-19/h9-10,13-15,17H,4-8,11-12,16H2,1-3H3,(H,23,24)(H,25,28). The molecule has 0 unspecified atom stereocenters. The van der Waals surface area contributed by atoms with Crippen LogP contribution in [0, 0.1) is 5.92 Å². The van der Waals surface area contributed by atoms with Crippen LogP contribution in [0.4, 0.5) is 10.5 Å². The fourth-order valence-corrected chi connectivity index (χ4v) is 3.85. The van der Waals surface area contributed by atoms with Crippen molar-refractivity contribution < 1.29 is 9.53 Å². The van der Waals surface area contributed by atoms with Gasteiger partial charge in [0.1, 0.15) is 5.75 Å². The third-order valence-electron chi connectivity index (χ3n) is 5.58. The van der Waals surface area contributed by atoms with Crippen LogP contribution in [0.15, 0.2) is 30.6 Å². The van der Waals surface area contributed by atoms with Gasteiger partial charge in [0.2, 0.25) is 0 Å². The molecule has 7 nitrogen and oxygen atoms in total. The molecule has 0 radical (unpaired) electrons. The van der Waals surface area contributed by atoms with Gasteiger partial charge in [0.05, 0.1) is 19.0 Å². The minimum absolute atomic E-state index is 0.0632. The van der Waals surface area contributed by atoms with Crippen LogP contribution in [0.25, 0.3) is 11.1 Å². The topological polar surface area (TPSA) is 73.5 Å². The van der Waals surface area contributed by atoms with E-state index in [2.05, 4.69) is 20.4 Å². The van der Waals surface area contributed by atoms with Gasteiger partial charge in [0.25, 0.3) is 0 Å². The van der Waals surface area contributed by atoms with Crippen molar-refractivity contribution in [1.82, 2.24) is 20.0 Å². The summed E-state index contributed by atoms with van der Waals surface area (Å²) < 4.78 is 5.54. The van der Waals surface area contributed by atoms with E-state index in [9.17, 15) is 4.79 Å². The zero-order valence-electron chi connectivity index (χ0n) is 17.8. The van der Waals surface area contributed by atoms with E-state index in [1.807, 2.05) is 43.4 Å². The average molecular weight is 400 g/mol. The fourth-order valence-electron chi connectivity index (χ4n) is 3.85. The van der Waals surface area contributed by atoms with E-state index < -0.39 is 0 Å². The summed E-state index contributed by atoms with van der Waals surface area (Å²) in [5.74, 6) is 1.24. The summed E-state index contributed by atoms with van der Waals surface area (Å²) in [4.78, 5) is 17.2. The molecule has 1 saturated carbocycles. The van der Waals surface area contributed by atoms with Crippen molar-refractivity contribution in [3.05, 3.63) is 30.6 Å². The van der Waals surface area contributed by atoms with Crippen molar-refractivity contribution in [2.75, 3.05) is 46.2 Å². The Morgan fingerprint density at radius 1 is 1.21 bits per heavy atom. The molecule has 0 bridgehead atoms. The number of rotatable bonds is 8. The van der Waals surface area contributed by atoms with E-state index >= 15 is 0 Å². The lowest BCUT2D eigenvalue weighted by atomic mass is 9.89. The zero-order valence-corrected chi connectivity index (χ0v) is 17.8. The van der Waals surface area contributed by atoms with Crippen molar-refractivity contribution >= 4 is 11.7 Å². The normalized spacial score (nSPS) is 14.8. The highest BCUT2D eigenvalue weighted by molar-refractivity contribution is 5.91. The van der Waals surface area contributed by atoms with Crippen LogP contribution in [0.3, 0.4) is 0 Å². The second kappa shape index (κ2) is 10.3. The molecule has 2 N–H and O–H groups in total. The minimum Gasteiger partial charge on any atom is -0.495 e. The van der Waals surface area contributed by atoms with Gasteiger partial charge in [-0.15, -0.1) is 0 Å². The van der Waals surface area contributed by atoms with Gasteiger partial charge in [0, 0.05) is 31.4 Å². The van der Waals surface area contributed by atoms with Crippen LogP contribution < -0.4 is 10.1 Å². The molecule has 1 heterocycles. The maximum atomic E-state index is 13.1. The molecule has 1 aromatic carbocycles. The highest BCUT2D eigenvalue weighted by Gasteiger charge is 2.22. The lowest BCUT2D eigenvalue weighted by Gasteiger charge is -2.31. The fraction of sp³-hybridized carbons (Fsp3) is 0.545. The summed E-state index contributed by atoms with van der Waals surface area (Å²) in [5.41, 5.74) is 2.65. The van der Waals surface area contributed by atoms with Crippen LogP contribution in [0.5, 0.6) is 5.75 Å². The molecule has 2 aromatic rings. The van der Waals surface area contributed by atoms with E-state index in [0.717, 1.165) is 24.2 Å².